The Balaban J connectivity index is 1.60. The molecule has 2 aromatic carbocycles. The first-order chi connectivity index (χ1) is 13.6. The molecule has 0 saturated carbocycles. The summed E-state index contributed by atoms with van der Waals surface area (Å²) < 4.78 is 5.47. The van der Waals surface area contributed by atoms with E-state index in [4.69, 9.17) is 9.40 Å². The molecule has 0 aliphatic heterocycles. The molecule has 4 rings (SSSR count). The molecule has 0 fully saturated rings. The number of aromatic nitrogens is 2. The highest BCUT2D eigenvalue weighted by Crippen LogP contribution is 2.30. The Morgan fingerprint density at radius 3 is 2.50 bits per heavy atom. The van der Waals surface area contributed by atoms with Crippen LogP contribution in [-0.4, -0.2) is 34.9 Å². The molecule has 0 atom stereocenters. The van der Waals surface area contributed by atoms with E-state index in [1.807, 2.05) is 60.7 Å². The molecule has 0 aliphatic rings. The van der Waals surface area contributed by atoms with Gasteiger partial charge < -0.3 is 9.32 Å². The molecule has 1 amide bonds. The van der Waals surface area contributed by atoms with Crippen LogP contribution in [0, 0.1) is 0 Å². The number of benzene rings is 2. The summed E-state index contributed by atoms with van der Waals surface area (Å²) in [6.45, 7) is 0. The molecule has 0 bridgehead atoms. The van der Waals surface area contributed by atoms with Crippen molar-refractivity contribution in [3.05, 3.63) is 78.1 Å². The summed E-state index contributed by atoms with van der Waals surface area (Å²) in [6.07, 6.45) is 1.62. The first kappa shape index (κ1) is 18.3. The van der Waals surface area contributed by atoms with E-state index in [0.29, 0.717) is 17.1 Å². The standard InChI is InChI=1S/C22H19N3O2S/c1-25(2)22(26)16-11-9-15(10-12-16)14-28-21-17-6-3-4-7-18(17)23-20(24-21)19-8-5-13-27-19/h3-13H,14H2,1-2H3. The van der Waals surface area contributed by atoms with E-state index >= 15 is 0 Å². The Morgan fingerprint density at radius 2 is 1.79 bits per heavy atom. The van der Waals surface area contributed by atoms with Gasteiger partial charge in [0.2, 0.25) is 0 Å². The van der Waals surface area contributed by atoms with E-state index < -0.39 is 0 Å². The lowest BCUT2D eigenvalue weighted by molar-refractivity contribution is 0.0827. The van der Waals surface area contributed by atoms with Crippen molar-refractivity contribution in [2.75, 3.05) is 14.1 Å². The summed E-state index contributed by atoms with van der Waals surface area (Å²) in [5.74, 6) is 1.98. The number of rotatable bonds is 5. The molecule has 2 aromatic heterocycles. The lowest BCUT2D eigenvalue weighted by atomic mass is 10.1. The van der Waals surface area contributed by atoms with Gasteiger partial charge in [0.25, 0.3) is 5.91 Å². The smallest absolute Gasteiger partial charge is 0.253 e. The predicted molar refractivity (Wildman–Crippen MR) is 111 cm³/mol. The van der Waals surface area contributed by atoms with Crippen molar-refractivity contribution in [1.29, 1.82) is 0 Å². The number of hydrogen-bond acceptors (Lipinski definition) is 5. The number of thioether (sulfide) groups is 1. The predicted octanol–water partition coefficient (Wildman–Crippen LogP) is 4.88. The van der Waals surface area contributed by atoms with Gasteiger partial charge in [0.05, 0.1) is 11.8 Å². The lowest BCUT2D eigenvalue weighted by Crippen LogP contribution is -2.21. The lowest BCUT2D eigenvalue weighted by Gasteiger charge is -2.11. The highest BCUT2D eigenvalue weighted by molar-refractivity contribution is 7.98. The zero-order chi connectivity index (χ0) is 19.5. The number of para-hydroxylation sites is 1. The number of amides is 1. The van der Waals surface area contributed by atoms with Crippen molar-refractivity contribution in [2.45, 2.75) is 10.8 Å². The molecule has 28 heavy (non-hydrogen) atoms. The van der Waals surface area contributed by atoms with E-state index in [1.165, 1.54) is 0 Å². The average molecular weight is 389 g/mol. The first-order valence-electron chi connectivity index (χ1n) is 8.86. The van der Waals surface area contributed by atoms with Gasteiger partial charge in [0, 0.05) is 30.8 Å². The fourth-order valence-corrected chi connectivity index (χ4v) is 3.80. The molecule has 2 heterocycles. The van der Waals surface area contributed by atoms with Crippen molar-refractivity contribution in [2.24, 2.45) is 0 Å². The third-order valence-electron chi connectivity index (χ3n) is 4.29. The van der Waals surface area contributed by atoms with Crippen LogP contribution in [0.2, 0.25) is 0 Å². The van der Waals surface area contributed by atoms with Crippen molar-refractivity contribution in [3.8, 4) is 11.6 Å². The van der Waals surface area contributed by atoms with E-state index in [1.54, 1.807) is 37.0 Å². The molecule has 0 saturated heterocycles. The van der Waals surface area contributed by atoms with Crippen LogP contribution in [0.1, 0.15) is 15.9 Å². The minimum atomic E-state index is 0.00378. The maximum Gasteiger partial charge on any atom is 0.253 e. The zero-order valence-electron chi connectivity index (χ0n) is 15.6. The normalized spacial score (nSPS) is 10.9. The van der Waals surface area contributed by atoms with Crippen LogP contribution in [0.5, 0.6) is 0 Å². The molecule has 6 heteroatoms. The molecule has 0 radical (unpaired) electrons. The minimum Gasteiger partial charge on any atom is -0.461 e. The largest absolute Gasteiger partial charge is 0.461 e. The second kappa shape index (κ2) is 7.86. The van der Waals surface area contributed by atoms with Gasteiger partial charge in [-0.25, -0.2) is 9.97 Å². The number of nitrogens with zero attached hydrogens (tertiary/aromatic N) is 3. The van der Waals surface area contributed by atoms with Gasteiger partial charge in [0.1, 0.15) is 5.03 Å². The Kier molecular flexibility index (Phi) is 5.12. The average Bonchev–Trinajstić information content (AvgIpc) is 3.26. The van der Waals surface area contributed by atoms with Crippen molar-refractivity contribution in [3.63, 3.8) is 0 Å². The molecule has 4 aromatic rings. The Morgan fingerprint density at radius 1 is 1.00 bits per heavy atom. The van der Waals surface area contributed by atoms with Crippen LogP contribution in [0.25, 0.3) is 22.5 Å². The molecular formula is C22H19N3O2S. The third-order valence-corrected chi connectivity index (χ3v) is 5.35. The Labute approximate surface area is 167 Å². The molecule has 140 valence electrons. The van der Waals surface area contributed by atoms with Crippen molar-refractivity contribution < 1.29 is 9.21 Å². The molecular weight excluding hydrogens is 370 g/mol. The van der Waals surface area contributed by atoms with Crippen molar-refractivity contribution >= 4 is 28.6 Å². The molecule has 5 nitrogen and oxygen atoms in total. The second-order valence-electron chi connectivity index (χ2n) is 6.53. The molecule has 0 N–H and O–H groups in total. The van der Waals surface area contributed by atoms with Gasteiger partial charge >= 0.3 is 0 Å². The highest BCUT2D eigenvalue weighted by atomic mass is 32.2. The topological polar surface area (TPSA) is 59.2 Å². The summed E-state index contributed by atoms with van der Waals surface area (Å²) in [5.41, 5.74) is 2.70. The number of hydrogen-bond donors (Lipinski definition) is 0. The highest BCUT2D eigenvalue weighted by Gasteiger charge is 2.12. The fourth-order valence-electron chi connectivity index (χ4n) is 2.83. The zero-order valence-corrected chi connectivity index (χ0v) is 16.4. The maximum atomic E-state index is 12.0. The summed E-state index contributed by atoms with van der Waals surface area (Å²) >= 11 is 1.65. The van der Waals surface area contributed by atoms with Gasteiger partial charge in [-0.1, -0.05) is 30.3 Å². The van der Waals surface area contributed by atoms with Crippen LogP contribution >= 0.6 is 11.8 Å². The first-order valence-corrected chi connectivity index (χ1v) is 9.84. The summed E-state index contributed by atoms with van der Waals surface area (Å²) in [4.78, 5) is 22.9. The quantitative estimate of drug-likeness (QED) is 0.359. The summed E-state index contributed by atoms with van der Waals surface area (Å²) in [5, 5.41) is 1.92. The van der Waals surface area contributed by atoms with Crippen LogP contribution in [0.4, 0.5) is 0 Å². The van der Waals surface area contributed by atoms with E-state index in [2.05, 4.69) is 4.98 Å². The van der Waals surface area contributed by atoms with Crippen LogP contribution < -0.4 is 0 Å². The number of carbonyl (C=O) groups excluding carboxylic acids is 1. The van der Waals surface area contributed by atoms with Crippen LogP contribution in [0.3, 0.4) is 0 Å². The summed E-state index contributed by atoms with van der Waals surface area (Å²) in [6, 6.07) is 19.4. The molecule has 0 unspecified atom stereocenters. The van der Waals surface area contributed by atoms with Gasteiger partial charge in [-0.05, 0) is 35.9 Å². The Hall–Kier alpha value is -3.12. The Bertz CT molecular complexity index is 1110. The SMILES string of the molecule is CN(C)C(=O)c1ccc(CSc2nc(-c3ccco3)nc3ccccc23)cc1. The summed E-state index contributed by atoms with van der Waals surface area (Å²) in [7, 11) is 3.51. The van der Waals surface area contributed by atoms with Crippen molar-refractivity contribution in [1.82, 2.24) is 14.9 Å². The molecule has 0 aliphatic carbocycles. The second-order valence-corrected chi connectivity index (χ2v) is 7.50. The van der Waals surface area contributed by atoms with Crippen LogP contribution in [-0.2, 0) is 5.75 Å². The van der Waals surface area contributed by atoms with Gasteiger partial charge in [-0.3, -0.25) is 4.79 Å². The van der Waals surface area contributed by atoms with E-state index in [0.717, 1.165) is 27.2 Å². The fraction of sp³-hybridized carbons (Fsp3) is 0.136. The van der Waals surface area contributed by atoms with Gasteiger partial charge in [-0.15, -0.1) is 11.8 Å². The minimum absolute atomic E-state index is 0.00378. The molecule has 0 spiro atoms. The monoisotopic (exact) mass is 389 g/mol. The number of furan rings is 1. The van der Waals surface area contributed by atoms with E-state index in [-0.39, 0.29) is 5.91 Å². The van der Waals surface area contributed by atoms with Gasteiger partial charge in [0.15, 0.2) is 11.6 Å². The van der Waals surface area contributed by atoms with Gasteiger partial charge in [-0.2, -0.15) is 0 Å². The third kappa shape index (κ3) is 3.77. The maximum absolute atomic E-state index is 12.0. The number of carbonyl (C=O) groups is 1. The van der Waals surface area contributed by atoms with Crippen LogP contribution in [0.15, 0.2) is 76.4 Å². The number of fused-ring (bicyclic) bond motifs is 1. The van der Waals surface area contributed by atoms with E-state index in [9.17, 15) is 4.79 Å².